The van der Waals surface area contributed by atoms with Crippen LogP contribution in [0.2, 0.25) is 0 Å². The van der Waals surface area contributed by atoms with Crippen molar-refractivity contribution in [2.24, 2.45) is 0 Å². The predicted octanol–water partition coefficient (Wildman–Crippen LogP) is 3.45. The number of alkyl halides is 5. The maximum absolute atomic E-state index is 13.7. The molecule has 1 heterocycles. The summed E-state index contributed by atoms with van der Waals surface area (Å²) in [5.41, 5.74) is -1.24. The highest BCUT2D eigenvalue weighted by molar-refractivity contribution is 5.29. The van der Waals surface area contributed by atoms with Gasteiger partial charge in [-0.2, -0.15) is 13.2 Å². The Bertz CT molecular complexity index is 497. The molecule has 1 aliphatic heterocycles. The van der Waals surface area contributed by atoms with Crippen LogP contribution in [0.15, 0.2) is 18.2 Å². The van der Waals surface area contributed by atoms with Crippen LogP contribution in [-0.2, 0) is 6.18 Å². The van der Waals surface area contributed by atoms with E-state index in [0.717, 1.165) is 12.1 Å². The maximum atomic E-state index is 13.7. The van der Waals surface area contributed by atoms with Crippen molar-refractivity contribution in [2.75, 3.05) is 26.2 Å². The summed E-state index contributed by atoms with van der Waals surface area (Å²) in [4.78, 5) is 1.74. The van der Waals surface area contributed by atoms with E-state index < -0.39 is 36.4 Å². The molecule has 8 heteroatoms. The molecule has 1 atom stereocenters. The lowest BCUT2D eigenvalue weighted by Gasteiger charge is -2.35. The molecule has 0 saturated carbocycles. The summed E-state index contributed by atoms with van der Waals surface area (Å²) in [5, 5.41) is 3.06. The Morgan fingerprint density at radius 2 is 1.77 bits per heavy atom. The highest BCUT2D eigenvalue weighted by atomic mass is 19.4. The first-order valence-electron chi connectivity index (χ1n) is 6.88. The van der Waals surface area contributed by atoms with Crippen LogP contribution < -0.4 is 5.32 Å². The van der Waals surface area contributed by atoms with Crippen LogP contribution >= 0.6 is 0 Å². The fourth-order valence-corrected chi connectivity index (χ4v) is 2.63. The van der Waals surface area contributed by atoms with Gasteiger partial charge in [0, 0.05) is 38.6 Å². The summed E-state index contributed by atoms with van der Waals surface area (Å²) in [6.45, 7) is 2.17. The van der Waals surface area contributed by atoms with Crippen LogP contribution in [0.3, 0.4) is 0 Å². The molecule has 0 spiro atoms. The third-order valence-corrected chi connectivity index (χ3v) is 3.68. The number of rotatable bonds is 4. The summed E-state index contributed by atoms with van der Waals surface area (Å²) < 4.78 is 76.9. The van der Waals surface area contributed by atoms with E-state index in [1.165, 1.54) is 0 Å². The van der Waals surface area contributed by atoms with E-state index in [1.54, 1.807) is 4.90 Å². The normalized spacial score (nSPS) is 18.7. The Morgan fingerprint density at radius 3 is 2.27 bits per heavy atom. The summed E-state index contributed by atoms with van der Waals surface area (Å²) in [7, 11) is 0. The Kier molecular flexibility index (Phi) is 5.33. The van der Waals surface area contributed by atoms with Crippen LogP contribution in [0.4, 0.5) is 26.3 Å². The molecule has 0 amide bonds. The van der Waals surface area contributed by atoms with Crippen LogP contribution in [0, 0.1) is 5.82 Å². The van der Waals surface area contributed by atoms with Crippen molar-refractivity contribution >= 4 is 0 Å². The number of hydrogen-bond donors (Lipinski definition) is 1. The van der Waals surface area contributed by atoms with Gasteiger partial charge in [-0.1, -0.05) is 6.07 Å². The molecule has 0 bridgehead atoms. The third-order valence-electron chi connectivity index (χ3n) is 3.68. The lowest BCUT2D eigenvalue weighted by atomic mass is 9.99. The molecule has 1 N–H and O–H groups in total. The molecular formula is C14H16F6N2. The van der Waals surface area contributed by atoms with Gasteiger partial charge in [0.2, 0.25) is 6.43 Å². The average Bonchev–Trinajstić information content (AvgIpc) is 2.44. The van der Waals surface area contributed by atoms with Crippen molar-refractivity contribution in [1.29, 1.82) is 0 Å². The van der Waals surface area contributed by atoms with Crippen LogP contribution in [0.5, 0.6) is 0 Å². The SMILES string of the molecule is Fc1cc([C@@H](CC(F)F)N2CCNCC2)ccc1C(F)(F)F. The standard InChI is InChI=1S/C14H16F6N2/c15-11-7-9(1-2-10(11)14(18,19)20)12(8-13(16)17)22-5-3-21-4-6-22/h1-2,7,12-13,21H,3-6,8H2/t12-/m1/s1. The van der Waals surface area contributed by atoms with Gasteiger partial charge in [0.15, 0.2) is 0 Å². The van der Waals surface area contributed by atoms with E-state index in [-0.39, 0.29) is 5.56 Å². The Labute approximate surface area is 124 Å². The molecule has 1 aliphatic rings. The Balaban J connectivity index is 2.29. The minimum Gasteiger partial charge on any atom is -0.314 e. The van der Waals surface area contributed by atoms with Gasteiger partial charge in [0.1, 0.15) is 5.82 Å². The van der Waals surface area contributed by atoms with Gasteiger partial charge in [-0.3, -0.25) is 4.90 Å². The lowest BCUT2D eigenvalue weighted by Crippen LogP contribution is -2.45. The van der Waals surface area contributed by atoms with E-state index in [9.17, 15) is 26.3 Å². The van der Waals surface area contributed by atoms with Crippen molar-refractivity contribution in [3.05, 3.63) is 35.1 Å². The zero-order valence-corrected chi connectivity index (χ0v) is 11.6. The summed E-state index contributed by atoms with van der Waals surface area (Å²) >= 11 is 0. The third kappa shape index (κ3) is 4.13. The molecule has 0 aliphatic carbocycles. The maximum Gasteiger partial charge on any atom is 0.419 e. The molecule has 2 rings (SSSR count). The predicted molar refractivity (Wildman–Crippen MR) is 69.2 cm³/mol. The lowest BCUT2D eigenvalue weighted by molar-refractivity contribution is -0.140. The van der Waals surface area contributed by atoms with E-state index in [0.29, 0.717) is 32.2 Å². The highest BCUT2D eigenvalue weighted by Gasteiger charge is 2.35. The quantitative estimate of drug-likeness (QED) is 0.853. The second-order valence-electron chi connectivity index (χ2n) is 5.17. The first-order valence-corrected chi connectivity index (χ1v) is 6.88. The molecule has 2 nitrogen and oxygen atoms in total. The smallest absolute Gasteiger partial charge is 0.314 e. The molecule has 0 aromatic heterocycles. The Hall–Kier alpha value is -1.28. The molecule has 22 heavy (non-hydrogen) atoms. The molecule has 124 valence electrons. The van der Waals surface area contributed by atoms with Gasteiger partial charge in [-0.15, -0.1) is 0 Å². The molecule has 0 unspecified atom stereocenters. The minimum absolute atomic E-state index is 0.146. The number of benzene rings is 1. The van der Waals surface area contributed by atoms with Gasteiger partial charge in [0.05, 0.1) is 5.56 Å². The van der Waals surface area contributed by atoms with Gasteiger partial charge >= 0.3 is 6.18 Å². The number of piperazine rings is 1. The van der Waals surface area contributed by atoms with Crippen molar-refractivity contribution in [1.82, 2.24) is 10.2 Å². The minimum atomic E-state index is -4.80. The molecule has 0 radical (unpaired) electrons. The van der Waals surface area contributed by atoms with Crippen LogP contribution in [0.25, 0.3) is 0 Å². The van der Waals surface area contributed by atoms with Gasteiger partial charge in [-0.05, 0) is 17.7 Å². The number of hydrogen-bond acceptors (Lipinski definition) is 2. The van der Waals surface area contributed by atoms with Gasteiger partial charge in [-0.25, -0.2) is 13.2 Å². The van der Waals surface area contributed by atoms with Gasteiger partial charge in [0.25, 0.3) is 0 Å². The zero-order valence-electron chi connectivity index (χ0n) is 11.6. The first-order chi connectivity index (χ1) is 10.3. The van der Waals surface area contributed by atoms with Crippen LogP contribution in [-0.4, -0.2) is 37.5 Å². The van der Waals surface area contributed by atoms with Crippen molar-refractivity contribution < 1.29 is 26.3 Å². The molecular weight excluding hydrogens is 310 g/mol. The largest absolute Gasteiger partial charge is 0.419 e. The summed E-state index contributed by atoms with van der Waals surface area (Å²) in [5.74, 6) is -1.43. The van der Waals surface area contributed by atoms with Crippen molar-refractivity contribution in [3.8, 4) is 0 Å². The van der Waals surface area contributed by atoms with Gasteiger partial charge < -0.3 is 5.32 Å². The van der Waals surface area contributed by atoms with E-state index in [4.69, 9.17) is 0 Å². The Morgan fingerprint density at radius 1 is 1.14 bits per heavy atom. The van der Waals surface area contributed by atoms with E-state index in [2.05, 4.69) is 5.32 Å². The van der Waals surface area contributed by atoms with Crippen molar-refractivity contribution in [3.63, 3.8) is 0 Å². The summed E-state index contributed by atoms with van der Waals surface area (Å²) in [6, 6.07) is 1.63. The fraction of sp³-hybridized carbons (Fsp3) is 0.571. The van der Waals surface area contributed by atoms with Crippen molar-refractivity contribution in [2.45, 2.75) is 25.1 Å². The topological polar surface area (TPSA) is 15.3 Å². The molecule has 1 aromatic carbocycles. The average molecular weight is 326 g/mol. The highest BCUT2D eigenvalue weighted by Crippen LogP contribution is 2.34. The monoisotopic (exact) mass is 326 g/mol. The molecule has 1 saturated heterocycles. The number of nitrogens with one attached hydrogen (secondary N) is 1. The molecule has 1 aromatic rings. The second kappa shape index (κ2) is 6.87. The molecule has 1 fully saturated rings. The summed E-state index contributed by atoms with van der Waals surface area (Å²) in [6.07, 6.45) is -7.95. The number of halogens is 6. The first kappa shape index (κ1) is 17.1. The van der Waals surface area contributed by atoms with E-state index in [1.807, 2.05) is 0 Å². The van der Waals surface area contributed by atoms with E-state index >= 15 is 0 Å². The fourth-order valence-electron chi connectivity index (χ4n) is 2.63. The second-order valence-corrected chi connectivity index (χ2v) is 5.17. The van der Waals surface area contributed by atoms with Crippen LogP contribution in [0.1, 0.15) is 23.6 Å². The number of nitrogens with zero attached hydrogens (tertiary/aromatic N) is 1. The zero-order chi connectivity index (χ0) is 16.3.